The number of rotatable bonds is 5. The molecule has 190 valence electrons. The van der Waals surface area contributed by atoms with Crippen molar-refractivity contribution in [2.75, 3.05) is 19.0 Å². The van der Waals surface area contributed by atoms with Gasteiger partial charge < -0.3 is 9.47 Å². The Kier molecular flexibility index (Phi) is 6.39. The monoisotopic (exact) mass is 546 g/mol. The Balaban J connectivity index is 1.62. The summed E-state index contributed by atoms with van der Waals surface area (Å²) in [5.41, 5.74) is -0.328. The molecule has 0 saturated carbocycles. The second-order valence-electron chi connectivity index (χ2n) is 9.37. The van der Waals surface area contributed by atoms with Crippen molar-refractivity contribution in [3.63, 3.8) is 0 Å². The van der Waals surface area contributed by atoms with Crippen LogP contribution in [0.2, 0.25) is 5.02 Å². The number of sulfone groups is 2. The Labute approximate surface area is 208 Å². The van der Waals surface area contributed by atoms with E-state index in [0.717, 1.165) is 12.1 Å². The minimum Gasteiger partial charge on any atom is -0.490 e. The molecule has 11 heteroatoms. The summed E-state index contributed by atoms with van der Waals surface area (Å²) < 4.78 is 93.0. The van der Waals surface area contributed by atoms with Gasteiger partial charge in [0.15, 0.2) is 31.2 Å². The van der Waals surface area contributed by atoms with E-state index in [1.54, 1.807) is 0 Å². The molecule has 0 aromatic heterocycles. The van der Waals surface area contributed by atoms with Gasteiger partial charge in [-0.05, 0) is 68.5 Å². The summed E-state index contributed by atoms with van der Waals surface area (Å²) in [6, 6.07) is 7.40. The third kappa shape index (κ3) is 3.97. The number of fused-ring (bicyclic) bond motifs is 3. The van der Waals surface area contributed by atoms with Crippen LogP contribution in [0.1, 0.15) is 37.7 Å². The molecule has 2 aromatic carbocycles. The Hall–Kier alpha value is -1.75. The molecule has 0 amide bonds. The predicted octanol–water partition coefficient (Wildman–Crippen LogP) is 4.44. The van der Waals surface area contributed by atoms with Crippen LogP contribution in [0.3, 0.4) is 0 Å². The van der Waals surface area contributed by atoms with Crippen LogP contribution in [-0.2, 0) is 29.2 Å². The van der Waals surface area contributed by atoms with Crippen molar-refractivity contribution >= 4 is 31.3 Å². The summed E-state index contributed by atoms with van der Waals surface area (Å²) in [6.07, 6.45) is 0.904. The molecular weight excluding hydrogens is 522 g/mol. The lowest BCUT2D eigenvalue weighted by Crippen LogP contribution is -2.57. The number of halogens is 3. The molecule has 0 aliphatic carbocycles. The lowest BCUT2D eigenvalue weighted by atomic mass is 9.74. The molecule has 0 N–H and O–H groups in total. The maximum absolute atomic E-state index is 15.4. The third-order valence-electron chi connectivity index (χ3n) is 7.58. The van der Waals surface area contributed by atoms with E-state index >= 15 is 4.39 Å². The molecule has 0 radical (unpaired) electrons. The molecule has 6 nitrogen and oxygen atoms in total. The molecule has 1 unspecified atom stereocenters. The summed E-state index contributed by atoms with van der Waals surface area (Å²) in [6.45, 7) is -0.219. The van der Waals surface area contributed by atoms with Crippen molar-refractivity contribution in [2.24, 2.45) is 5.92 Å². The van der Waals surface area contributed by atoms with E-state index in [9.17, 15) is 21.2 Å². The van der Waals surface area contributed by atoms with Gasteiger partial charge in [0.05, 0.1) is 34.2 Å². The molecule has 2 aromatic rings. The fourth-order valence-corrected chi connectivity index (χ4v) is 10.3. The highest BCUT2D eigenvalue weighted by Gasteiger charge is 2.61. The molecule has 3 heterocycles. The average molecular weight is 547 g/mol. The van der Waals surface area contributed by atoms with E-state index in [-0.39, 0.29) is 42.3 Å². The molecule has 35 heavy (non-hydrogen) atoms. The van der Waals surface area contributed by atoms with Gasteiger partial charge in [0.25, 0.3) is 0 Å². The van der Waals surface area contributed by atoms with Gasteiger partial charge in [-0.2, -0.15) is 0 Å². The molecule has 0 bridgehead atoms. The zero-order valence-electron chi connectivity index (χ0n) is 18.8. The van der Waals surface area contributed by atoms with Crippen LogP contribution < -0.4 is 4.74 Å². The normalized spacial score (nSPS) is 29.7. The first-order chi connectivity index (χ1) is 16.6. The number of ether oxygens (including phenoxy) is 2. The molecule has 0 spiro atoms. The van der Waals surface area contributed by atoms with Crippen LogP contribution in [0.4, 0.5) is 8.78 Å². The summed E-state index contributed by atoms with van der Waals surface area (Å²) in [7, 11) is -7.49. The zero-order chi connectivity index (χ0) is 25.0. The molecule has 3 aliphatic rings. The minimum atomic E-state index is -4.29. The molecule has 3 aliphatic heterocycles. The first-order valence-corrected chi connectivity index (χ1v) is 15.1. The number of hydrogen-bond donors (Lipinski definition) is 0. The van der Waals surface area contributed by atoms with Gasteiger partial charge in [0.1, 0.15) is 10.6 Å². The topological polar surface area (TPSA) is 86.7 Å². The number of hydrogen-bond acceptors (Lipinski definition) is 6. The molecular formula is C24H25ClF2O6S2. The third-order valence-corrected chi connectivity index (χ3v) is 12.7. The van der Waals surface area contributed by atoms with Crippen LogP contribution in [0.15, 0.2) is 41.3 Å². The van der Waals surface area contributed by atoms with Crippen molar-refractivity contribution in [1.82, 2.24) is 0 Å². The van der Waals surface area contributed by atoms with Gasteiger partial charge in [-0.25, -0.2) is 25.6 Å². The molecule has 2 fully saturated rings. The van der Waals surface area contributed by atoms with E-state index < -0.39 is 59.1 Å². The van der Waals surface area contributed by atoms with E-state index in [0.29, 0.717) is 24.3 Å². The van der Waals surface area contributed by atoms with E-state index in [4.69, 9.17) is 21.1 Å². The average Bonchev–Trinajstić information content (AvgIpc) is 3.17. The molecule has 5 rings (SSSR count). The first-order valence-electron chi connectivity index (χ1n) is 11.5. The highest BCUT2D eigenvalue weighted by Crippen LogP contribution is 2.56. The van der Waals surface area contributed by atoms with Crippen molar-refractivity contribution in [3.05, 3.63) is 58.6 Å². The smallest absolute Gasteiger partial charge is 0.189 e. The second kappa shape index (κ2) is 8.97. The van der Waals surface area contributed by atoms with Crippen LogP contribution in [0.25, 0.3) is 0 Å². The molecule has 2 saturated heterocycles. The quantitative estimate of drug-likeness (QED) is 0.551. The second-order valence-corrected chi connectivity index (χ2v) is 14.4. The van der Waals surface area contributed by atoms with Gasteiger partial charge in [-0.1, -0.05) is 11.6 Å². The van der Waals surface area contributed by atoms with E-state index in [2.05, 4.69) is 0 Å². The van der Waals surface area contributed by atoms with E-state index in [1.165, 1.54) is 24.3 Å². The Bertz CT molecular complexity index is 1350. The van der Waals surface area contributed by atoms with Crippen molar-refractivity contribution < 1.29 is 35.1 Å². The highest BCUT2D eigenvalue weighted by molar-refractivity contribution is 7.92. The largest absolute Gasteiger partial charge is 0.490 e. The van der Waals surface area contributed by atoms with E-state index in [1.807, 2.05) is 0 Å². The maximum Gasteiger partial charge on any atom is 0.189 e. The lowest BCUT2D eigenvalue weighted by molar-refractivity contribution is -0.0765. The van der Waals surface area contributed by atoms with Crippen LogP contribution in [-0.4, -0.2) is 47.2 Å². The fraction of sp³-hybridized carbons (Fsp3) is 0.500. The summed E-state index contributed by atoms with van der Waals surface area (Å²) >= 11 is 5.97. The van der Waals surface area contributed by atoms with Gasteiger partial charge in [-0.3, -0.25) is 0 Å². The van der Waals surface area contributed by atoms with Gasteiger partial charge in [-0.15, -0.1) is 0 Å². The standard InChI is InChI=1S/C24H25ClF2O6S2/c25-15-3-5-17(6-4-15)35(30,31)24-11-12-32-21(10-7-16-2-1-13-34(16,28)29)18(24)14-33-23-20(27)9-8-19(26)22(23)24/h3-6,8-9,16,18,21H,1-2,7,10-14H2/t16?,18-,21-,24-/m0/s1. The first kappa shape index (κ1) is 24.9. The van der Waals surface area contributed by atoms with Crippen molar-refractivity contribution in [2.45, 2.75) is 53.1 Å². The Morgan fingerprint density at radius 1 is 1.06 bits per heavy atom. The van der Waals surface area contributed by atoms with Gasteiger partial charge in [0, 0.05) is 17.5 Å². The minimum absolute atomic E-state index is 0.0131. The van der Waals surface area contributed by atoms with Gasteiger partial charge in [0.2, 0.25) is 0 Å². The summed E-state index contributed by atoms with van der Waals surface area (Å²) in [4.78, 5) is -0.0672. The zero-order valence-corrected chi connectivity index (χ0v) is 21.1. The summed E-state index contributed by atoms with van der Waals surface area (Å²) in [5.74, 6) is -2.85. The predicted molar refractivity (Wildman–Crippen MR) is 126 cm³/mol. The van der Waals surface area contributed by atoms with Crippen LogP contribution in [0.5, 0.6) is 5.75 Å². The Morgan fingerprint density at radius 3 is 2.46 bits per heavy atom. The van der Waals surface area contributed by atoms with Crippen LogP contribution in [0, 0.1) is 17.6 Å². The van der Waals surface area contributed by atoms with Crippen molar-refractivity contribution in [3.8, 4) is 5.75 Å². The van der Waals surface area contributed by atoms with Gasteiger partial charge >= 0.3 is 0 Å². The Morgan fingerprint density at radius 2 is 1.77 bits per heavy atom. The number of benzene rings is 2. The summed E-state index contributed by atoms with van der Waals surface area (Å²) in [5, 5.41) is -0.175. The lowest BCUT2D eigenvalue weighted by Gasteiger charge is -2.50. The maximum atomic E-state index is 15.4. The SMILES string of the molecule is O=S1(=O)CCCC1CC[C@@H]1OCC[C@@]2(S(=O)(=O)c3ccc(Cl)cc3)c3c(F)ccc(F)c3OC[C@@H]12. The highest BCUT2D eigenvalue weighted by atomic mass is 35.5. The van der Waals surface area contributed by atoms with Crippen LogP contribution >= 0.6 is 11.6 Å². The molecule has 4 atom stereocenters. The fourth-order valence-electron chi connectivity index (χ4n) is 5.87. The van der Waals surface area contributed by atoms with Crippen molar-refractivity contribution in [1.29, 1.82) is 0 Å².